The highest BCUT2D eigenvalue weighted by molar-refractivity contribution is 5.78. The van der Waals surface area contributed by atoms with E-state index in [0.29, 0.717) is 37.9 Å². The standard InChI is InChI=1S/C21H22F4N2O2/c22-17-5-1-3-15(11-17)13-26-10-9-18-7-8-20(28)27(18)14-16-4-2-6-19(12-16)29-21(23,24)25/h1-6,11-12,18,26H,7-10,13-14H2/t18-/m0/s1. The van der Waals surface area contributed by atoms with E-state index in [0.717, 1.165) is 5.56 Å². The Morgan fingerprint density at radius 2 is 1.86 bits per heavy atom. The molecular weight excluding hydrogens is 388 g/mol. The molecule has 1 N–H and O–H groups in total. The smallest absolute Gasteiger partial charge is 0.406 e. The first-order chi connectivity index (χ1) is 13.8. The zero-order chi connectivity index (χ0) is 20.9. The first kappa shape index (κ1) is 21.1. The van der Waals surface area contributed by atoms with Crippen LogP contribution in [0.15, 0.2) is 48.5 Å². The average Bonchev–Trinajstić information content (AvgIpc) is 2.98. The fourth-order valence-electron chi connectivity index (χ4n) is 3.50. The number of benzene rings is 2. The van der Waals surface area contributed by atoms with Crippen molar-refractivity contribution in [3.05, 3.63) is 65.5 Å². The molecule has 1 fully saturated rings. The number of alkyl halides is 3. The van der Waals surface area contributed by atoms with Gasteiger partial charge in [-0.05, 0) is 54.8 Å². The molecule has 156 valence electrons. The van der Waals surface area contributed by atoms with E-state index in [1.165, 1.54) is 30.3 Å². The van der Waals surface area contributed by atoms with Crippen molar-refractivity contribution < 1.29 is 27.1 Å². The number of carbonyl (C=O) groups excluding carboxylic acids is 1. The lowest BCUT2D eigenvalue weighted by Crippen LogP contribution is -2.34. The Labute approximate surface area is 166 Å². The third kappa shape index (κ3) is 6.45. The van der Waals surface area contributed by atoms with E-state index >= 15 is 0 Å². The number of halogens is 4. The van der Waals surface area contributed by atoms with Crippen LogP contribution in [-0.2, 0) is 17.9 Å². The molecule has 1 saturated heterocycles. The van der Waals surface area contributed by atoms with E-state index in [9.17, 15) is 22.4 Å². The van der Waals surface area contributed by atoms with Crippen LogP contribution >= 0.6 is 0 Å². The third-order valence-corrected chi connectivity index (χ3v) is 4.81. The summed E-state index contributed by atoms with van der Waals surface area (Å²) in [6, 6.07) is 12.0. The summed E-state index contributed by atoms with van der Waals surface area (Å²) >= 11 is 0. The number of likely N-dealkylation sites (tertiary alicyclic amines) is 1. The predicted octanol–water partition coefficient (Wildman–Crippen LogP) is 4.40. The van der Waals surface area contributed by atoms with Gasteiger partial charge in [0.25, 0.3) is 0 Å². The number of nitrogens with zero attached hydrogens (tertiary/aromatic N) is 1. The van der Waals surface area contributed by atoms with E-state index in [2.05, 4.69) is 10.1 Å². The van der Waals surface area contributed by atoms with Crippen LogP contribution in [0.2, 0.25) is 0 Å². The highest BCUT2D eigenvalue weighted by Crippen LogP contribution is 2.27. The first-order valence-corrected chi connectivity index (χ1v) is 9.39. The van der Waals surface area contributed by atoms with Crippen molar-refractivity contribution in [2.45, 2.75) is 44.8 Å². The fraction of sp³-hybridized carbons (Fsp3) is 0.381. The first-order valence-electron chi connectivity index (χ1n) is 9.39. The predicted molar refractivity (Wildman–Crippen MR) is 99.4 cm³/mol. The van der Waals surface area contributed by atoms with Gasteiger partial charge in [0.15, 0.2) is 0 Å². The van der Waals surface area contributed by atoms with Crippen LogP contribution in [0.3, 0.4) is 0 Å². The topological polar surface area (TPSA) is 41.6 Å². The van der Waals surface area contributed by atoms with Gasteiger partial charge in [0, 0.05) is 25.6 Å². The number of carbonyl (C=O) groups is 1. The molecule has 0 bridgehead atoms. The number of ether oxygens (including phenoxy) is 1. The Hall–Kier alpha value is -2.61. The minimum absolute atomic E-state index is 0.00898. The van der Waals surface area contributed by atoms with Crippen LogP contribution in [0.25, 0.3) is 0 Å². The molecule has 1 amide bonds. The number of hydrogen-bond donors (Lipinski definition) is 1. The van der Waals surface area contributed by atoms with Crippen molar-refractivity contribution >= 4 is 5.91 Å². The van der Waals surface area contributed by atoms with E-state index in [4.69, 9.17) is 0 Å². The molecule has 4 nitrogen and oxygen atoms in total. The minimum Gasteiger partial charge on any atom is -0.406 e. The molecule has 1 aliphatic heterocycles. The van der Waals surface area contributed by atoms with Crippen molar-refractivity contribution in [3.8, 4) is 5.75 Å². The Kier molecular flexibility index (Phi) is 6.74. The van der Waals surface area contributed by atoms with Crippen LogP contribution < -0.4 is 10.1 Å². The van der Waals surface area contributed by atoms with Crippen LogP contribution in [0.5, 0.6) is 5.75 Å². The van der Waals surface area contributed by atoms with Gasteiger partial charge in [-0.25, -0.2) is 4.39 Å². The van der Waals surface area contributed by atoms with Gasteiger partial charge in [-0.2, -0.15) is 0 Å². The number of nitrogens with one attached hydrogen (secondary N) is 1. The maximum atomic E-state index is 13.2. The summed E-state index contributed by atoms with van der Waals surface area (Å²) in [5.41, 5.74) is 1.42. The molecule has 1 heterocycles. The monoisotopic (exact) mass is 410 g/mol. The van der Waals surface area contributed by atoms with Gasteiger partial charge in [-0.1, -0.05) is 24.3 Å². The molecular formula is C21H22F4N2O2. The van der Waals surface area contributed by atoms with Gasteiger partial charge >= 0.3 is 6.36 Å². The average molecular weight is 410 g/mol. The van der Waals surface area contributed by atoms with Gasteiger partial charge in [0.2, 0.25) is 5.91 Å². The van der Waals surface area contributed by atoms with Gasteiger partial charge in [-0.15, -0.1) is 13.2 Å². The molecule has 0 aromatic heterocycles. The van der Waals surface area contributed by atoms with Gasteiger partial charge < -0.3 is 15.0 Å². The van der Waals surface area contributed by atoms with Crippen molar-refractivity contribution in [1.29, 1.82) is 0 Å². The van der Waals surface area contributed by atoms with Crippen molar-refractivity contribution in [3.63, 3.8) is 0 Å². The van der Waals surface area contributed by atoms with E-state index in [1.807, 2.05) is 6.07 Å². The lowest BCUT2D eigenvalue weighted by Gasteiger charge is -2.25. The summed E-state index contributed by atoms with van der Waals surface area (Å²) in [5, 5.41) is 3.24. The van der Waals surface area contributed by atoms with E-state index in [-0.39, 0.29) is 30.1 Å². The molecule has 2 aromatic rings. The molecule has 2 aromatic carbocycles. The van der Waals surface area contributed by atoms with Crippen LogP contribution in [-0.4, -0.2) is 29.8 Å². The second-order valence-electron chi connectivity index (χ2n) is 7.00. The molecule has 3 rings (SSSR count). The highest BCUT2D eigenvalue weighted by Gasteiger charge is 2.32. The van der Waals surface area contributed by atoms with Crippen LogP contribution in [0.1, 0.15) is 30.4 Å². The third-order valence-electron chi connectivity index (χ3n) is 4.81. The molecule has 1 aliphatic rings. The van der Waals surface area contributed by atoms with Gasteiger partial charge in [-0.3, -0.25) is 4.79 Å². The Morgan fingerprint density at radius 1 is 1.10 bits per heavy atom. The second kappa shape index (κ2) is 9.26. The number of rotatable bonds is 8. The maximum absolute atomic E-state index is 13.2. The normalized spacial score (nSPS) is 17.0. The fourth-order valence-corrected chi connectivity index (χ4v) is 3.50. The Morgan fingerprint density at radius 3 is 2.62 bits per heavy atom. The van der Waals surface area contributed by atoms with E-state index in [1.54, 1.807) is 17.0 Å². The van der Waals surface area contributed by atoms with E-state index < -0.39 is 6.36 Å². The molecule has 0 unspecified atom stereocenters. The van der Waals surface area contributed by atoms with Gasteiger partial charge in [0.1, 0.15) is 11.6 Å². The lowest BCUT2D eigenvalue weighted by molar-refractivity contribution is -0.274. The molecule has 1 atom stereocenters. The number of hydrogen-bond acceptors (Lipinski definition) is 3. The summed E-state index contributed by atoms with van der Waals surface area (Å²) in [4.78, 5) is 14.0. The van der Waals surface area contributed by atoms with Crippen LogP contribution in [0.4, 0.5) is 17.6 Å². The molecule has 0 aliphatic carbocycles. The summed E-state index contributed by atoms with van der Waals surface area (Å²) in [6.07, 6.45) is -2.91. The molecule has 0 radical (unpaired) electrons. The summed E-state index contributed by atoms with van der Waals surface area (Å²) in [7, 11) is 0. The lowest BCUT2D eigenvalue weighted by atomic mass is 10.1. The van der Waals surface area contributed by atoms with Crippen LogP contribution in [0, 0.1) is 5.82 Å². The minimum atomic E-state index is -4.75. The summed E-state index contributed by atoms with van der Waals surface area (Å²) in [5.74, 6) is -0.592. The molecule has 8 heteroatoms. The van der Waals surface area contributed by atoms with Crippen molar-refractivity contribution in [2.75, 3.05) is 6.54 Å². The Balaban J connectivity index is 1.53. The van der Waals surface area contributed by atoms with Crippen molar-refractivity contribution in [2.24, 2.45) is 0 Å². The van der Waals surface area contributed by atoms with Crippen molar-refractivity contribution in [1.82, 2.24) is 10.2 Å². The zero-order valence-electron chi connectivity index (χ0n) is 15.7. The maximum Gasteiger partial charge on any atom is 0.573 e. The molecule has 29 heavy (non-hydrogen) atoms. The Bertz CT molecular complexity index is 841. The second-order valence-corrected chi connectivity index (χ2v) is 7.00. The summed E-state index contributed by atoms with van der Waals surface area (Å²) in [6.45, 7) is 1.40. The summed E-state index contributed by atoms with van der Waals surface area (Å²) < 4.78 is 54.4. The highest BCUT2D eigenvalue weighted by atomic mass is 19.4. The molecule has 0 spiro atoms. The SMILES string of the molecule is O=C1CC[C@@H](CCNCc2cccc(F)c2)N1Cc1cccc(OC(F)(F)F)c1. The zero-order valence-corrected chi connectivity index (χ0v) is 15.7. The quantitative estimate of drug-likeness (QED) is 0.518. The molecule has 0 saturated carbocycles. The van der Waals surface area contributed by atoms with Gasteiger partial charge in [0.05, 0.1) is 0 Å². The largest absolute Gasteiger partial charge is 0.573 e. The number of amides is 1.